The van der Waals surface area contributed by atoms with Gasteiger partial charge in [-0.1, -0.05) is 69.5 Å². The summed E-state index contributed by atoms with van der Waals surface area (Å²) in [7, 11) is 0. The molecule has 1 aromatic carbocycles. The highest BCUT2D eigenvalue weighted by molar-refractivity contribution is 5.86. The third-order valence-electron chi connectivity index (χ3n) is 6.76. The van der Waals surface area contributed by atoms with E-state index in [1.807, 2.05) is 6.07 Å². The first-order chi connectivity index (χ1) is 14.2. The lowest BCUT2D eigenvalue weighted by Crippen LogP contribution is -2.20. The fourth-order valence-electron chi connectivity index (χ4n) is 5.02. The van der Waals surface area contributed by atoms with Crippen molar-refractivity contribution < 1.29 is 4.39 Å². The highest BCUT2D eigenvalue weighted by Gasteiger charge is 2.25. The van der Waals surface area contributed by atoms with Crippen LogP contribution in [0.1, 0.15) is 70.1 Å². The van der Waals surface area contributed by atoms with E-state index < -0.39 is 0 Å². The SMILES string of the molecule is CCc1c(C2=CCCC(F)=C2)c(-c2ccccc2)nn1CC1CCC(CC)CC1. The van der Waals surface area contributed by atoms with Crippen LogP contribution in [0.2, 0.25) is 0 Å². The lowest BCUT2D eigenvalue weighted by molar-refractivity contribution is 0.240. The number of hydrogen-bond donors (Lipinski definition) is 0. The lowest BCUT2D eigenvalue weighted by Gasteiger charge is -2.28. The Bertz CT molecular complexity index is 883. The number of rotatable bonds is 6. The van der Waals surface area contributed by atoms with Crippen LogP contribution in [0.3, 0.4) is 0 Å². The number of halogens is 1. The van der Waals surface area contributed by atoms with E-state index in [-0.39, 0.29) is 5.83 Å². The van der Waals surface area contributed by atoms with Crippen LogP contribution in [0, 0.1) is 11.8 Å². The van der Waals surface area contributed by atoms with Crippen LogP contribution in [-0.2, 0) is 13.0 Å². The predicted octanol–water partition coefficient (Wildman–Crippen LogP) is 7.36. The van der Waals surface area contributed by atoms with Crippen LogP contribution >= 0.6 is 0 Å². The molecule has 0 unspecified atom stereocenters. The summed E-state index contributed by atoms with van der Waals surface area (Å²) in [5, 5.41) is 5.11. The highest BCUT2D eigenvalue weighted by atomic mass is 19.1. The van der Waals surface area contributed by atoms with Gasteiger partial charge in [0, 0.05) is 29.8 Å². The molecule has 1 heterocycles. The van der Waals surface area contributed by atoms with Crippen molar-refractivity contribution in [1.29, 1.82) is 0 Å². The molecule has 0 radical (unpaired) electrons. The Kier molecular flexibility index (Phi) is 6.32. The maximum atomic E-state index is 14.1. The fourth-order valence-corrected chi connectivity index (χ4v) is 5.02. The maximum absolute atomic E-state index is 14.1. The van der Waals surface area contributed by atoms with Crippen molar-refractivity contribution in [2.45, 2.75) is 71.8 Å². The molecule has 0 aliphatic heterocycles. The second kappa shape index (κ2) is 9.11. The third-order valence-corrected chi connectivity index (χ3v) is 6.76. The van der Waals surface area contributed by atoms with E-state index in [2.05, 4.69) is 48.9 Å². The summed E-state index contributed by atoms with van der Waals surface area (Å²) in [6.45, 7) is 5.50. The Labute approximate surface area is 174 Å². The van der Waals surface area contributed by atoms with E-state index in [0.717, 1.165) is 47.7 Å². The van der Waals surface area contributed by atoms with Gasteiger partial charge in [0.25, 0.3) is 0 Å². The molecule has 2 aliphatic rings. The molecule has 2 aliphatic carbocycles. The monoisotopic (exact) mass is 392 g/mol. The van der Waals surface area contributed by atoms with E-state index in [4.69, 9.17) is 5.10 Å². The van der Waals surface area contributed by atoms with E-state index in [1.54, 1.807) is 6.08 Å². The quantitative estimate of drug-likeness (QED) is 0.502. The summed E-state index contributed by atoms with van der Waals surface area (Å²) in [4.78, 5) is 0. The second-order valence-corrected chi connectivity index (χ2v) is 8.66. The molecule has 1 saturated carbocycles. The van der Waals surface area contributed by atoms with Crippen molar-refractivity contribution in [2.75, 3.05) is 0 Å². The number of hydrogen-bond acceptors (Lipinski definition) is 1. The smallest absolute Gasteiger partial charge is 0.101 e. The average Bonchev–Trinajstić information content (AvgIpc) is 3.13. The summed E-state index contributed by atoms with van der Waals surface area (Å²) in [6.07, 6.45) is 12.7. The molecule has 1 aromatic heterocycles. The fraction of sp³-hybridized carbons (Fsp3) is 0.500. The van der Waals surface area contributed by atoms with Crippen LogP contribution in [0.15, 0.2) is 48.3 Å². The minimum Gasteiger partial charge on any atom is -0.268 e. The zero-order valence-corrected chi connectivity index (χ0v) is 17.8. The molecular weight excluding hydrogens is 359 g/mol. The van der Waals surface area contributed by atoms with Crippen molar-refractivity contribution in [3.63, 3.8) is 0 Å². The summed E-state index contributed by atoms with van der Waals surface area (Å²) < 4.78 is 16.4. The number of aromatic nitrogens is 2. The number of allylic oxidation sites excluding steroid dienone is 4. The first-order valence-corrected chi connectivity index (χ1v) is 11.4. The molecule has 2 nitrogen and oxygen atoms in total. The first-order valence-electron chi connectivity index (χ1n) is 11.4. The van der Waals surface area contributed by atoms with Gasteiger partial charge in [0.2, 0.25) is 0 Å². The summed E-state index contributed by atoms with van der Waals surface area (Å²) in [6, 6.07) is 10.4. The number of nitrogens with zero attached hydrogens (tertiary/aromatic N) is 2. The highest BCUT2D eigenvalue weighted by Crippen LogP contribution is 2.37. The molecule has 3 heteroatoms. The van der Waals surface area contributed by atoms with Gasteiger partial charge >= 0.3 is 0 Å². The van der Waals surface area contributed by atoms with Crippen LogP contribution in [0.5, 0.6) is 0 Å². The Morgan fingerprint density at radius 3 is 2.41 bits per heavy atom. The molecule has 0 bridgehead atoms. The van der Waals surface area contributed by atoms with Crippen LogP contribution in [-0.4, -0.2) is 9.78 Å². The molecule has 1 fully saturated rings. The van der Waals surface area contributed by atoms with E-state index in [0.29, 0.717) is 12.3 Å². The van der Waals surface area contributed by atoms with Gasteiger partial charge in [-0.15, -0.1) is 0 Å². The van der Waals surface area contributed by atoms with Crippen molar-refractivity contribution in [1.82, 2.24) is 9.78 Å². The maximum Gasteiger partial charge on any atom is 0.101 e. The van der Waals surface area contributed by atoms with Gasteiger partial charge < -0.3 is 0 Å². The standard InChI is InChI=1S/C26H33FN2/c1-3-19-13-15-20(16-14-19)18-29-24(4-2)25(22-11-8-12-23(27)17-22)26(28-29)21-9-6-5-7-10-21/h5-7,9-11,17,19-20H,3-4,8,12-16,18H2,1-2H3. The Morgan fingerprint density at radius 2 is 1.76 bits per heavy atom. The molecule has 0 amide bonds. The average molecular weight is 393 g/mol. The second-order valence-electron chi connectivity index (χ2n) is 8.66. The minimum atomic E-state index is -0.0193. The largest absolute Gasteiger partial charge is 0.268 e. The molecule has 0 spiro atoms. The van der Waals surface area contributed by atoms with Crippen LogP contribution in [0.25, 0.3) is 16.8 Å². The van der Waals surface area contributed by atoms with E-state index in [1.165, 1.54) is 37.8 Å². The Morgan fingerprint density at radius 1 is 1.03 bits per heavy atom. The molecule has 154 valence electrons. The van der Waals surface area contributed by atoms with E-state index >= 15 is 0 Å². The minimum absolute atomic E-state index is 0.0193. The van der Waals surface area contributed by atoms with Gasteiger partial charge in [-0.2, -0.15) is 5.10 Å². The van der Waals surface area contributed by atoms with Crippen molar-refractivity contribution >= 4 is 5.57 Å². The third kappa shape index (κ3) is 4.39. The van der Waals surface area contributed by atoms with E-state index in [9.17, 15) is 4.39 Å². The summed E-state index contributed by atoms with van der Waals surface area (Å²) >= 11 is 0. The molecule has 0 atom stereocenters. The van der Waals surface area contributed by atoms with Gasteiger partial charge in [0.05, 0.1) is 0 Å². The molecule has 29 heavy (non-hydrogen) atoms. The van der Waals surface area contributed by atoms with Crippen molar-refractivity contribution in [3.8, 4) is 11.3 Å². The lowest BCUT2D eigenvalue weighted by atomic mass is 9.81. The van der Waals surface area contributed by atoms with Crippen molar-refractivity contribution in [2.24, 2.45) is 11.8 Å². The molecule has 0 saturated heterocycles. The predicted molar refractivity (Wildman–Crippen MR) is 119 cm³/mol. The van der Waals surface area contributed by atoms with Crippen LogP contribution in [0.4, 0.5) is 4.39 Å². The number of benzene rings is 1. The zero-order valence-electron chi connectivity index (χ0n) is 17.8. The van der Waals surface area contributed by atoms with Crippen molar-refractivity contribution in [3.05, 3.63) is 59.6 Å². The Balaban J connectivity index is 1.72. The molecule has 4 rings (SSSR count). The molecule has 0 N–H and O–H groups in total. The normalized spacial score (nSPS) is 22.3. The van der Waals surface area contributed by atoms with Gasteiger partial charge in [0.1, 0.15) is 11.5 Å². The van der Waals surface area contributed by atoms with Gasteiger partial charge in [0.15, 0.2) is 0 Å². The topological polar surface area (TPSA) is 17.8 Å². The van der Waals surface area contributed by atoms with Crippen LogP contribution < -0.4 is 0 Å². The zero-order chi connectivity index (χ0) is 20.2. The Hall–Kier alpha value is -2.16. The molecule has 2 aromatic rings. The first kappa shape index (κ1) is 20.1. The summed E-state index contributed by atoms with van der Waals surface area (Å²) in [5.41, 5.74) is 5.51. The van der Waals surface area contributed by atoms with Gasteiger partial charge in [-0.05, 0) is 49.2 Å². The summed E-state index contributed by atoms with van der Waals surface area (Å²) in [5.74, 6) is 1.59. The molecular formula is C26H33FN2. The van der Waals surface area contributed by atoms with Gasteiger partial charge in [-0.3, -0.25) is 4.68 Å². The van der Waals surface area contributed by atoms with Gasteiger partial charge in [-0.25, -0.2) is 4.39 Å².